The summed E-state index contributed by atoms with van der Waals surface area (Å²) in [6, 6.07) is 13.1. The Morgan fingerprint density at radius 3 is 2.22 bits per heavy atom. The molecule has 0 spiro atoms. The standard InChI is InChI=1S/C20H26N2O4S/c1-14(2)26-19-11-9-17(10-12-19)21-20(23)16(4)22(27(5,24)25)18-8-6-7-15(3)13-18/h6-14,16H,1-5H3,(H,21,23)/t16-/m0/s1. The van der Waals surface area contributed by atoms with Crippen LogP contribution in [0.2, 0.25) is 0 Å². The zero-order valence-electron chi connectivity index (χ0n) is 16.3. The molecule has 0 fully saturated rings. The molecule has 0 saturated carbocycles. The van der Waals surface area contributed by atoms with E-state index in [0.29, 0.717) is 17.1 Å². The van der Waals surface area contributed by atoms with Crippen LogP contribution in [-0.2, 0) is 14.8 Å². The molecule has 1 N–H and O–H groups in total. The average Bonchev–Trinajstić information content (AvgIpc) is 2.55. The molecule has 1 amide bonds. The normalized spacial score (nSPS) is 12.5. The SMILES string of the molecule is Cc1cccc(N([C@@H](C)C(=O)Nc2ccc(OC(C)C)cc2)S(C)(=O)=O)c1. The van der Waals surface area contributed by atoms with Gasteiger partial charge in [-0.3, -0.25) is 9.10 Å². The summed E-state index contributed by atoms with van der Waals surface area (Å²) in [7, 11) is -3.64. The molecule has 2 rings (SSSR count). The minimum atomic E-state index is -3.64. The number of nitrogens with zero attached hydrogens (tertiary/aromatic N) is 1. The van der Waals surface area contributed by atoms with Gasteiger partial charge >= 0.3 is 0 Å². The van der Waals surface area contributed by atoms with E-state index in [1.165, 1.54) is 0 Å². The zero-order chi connectivity index (χ0) is 20.2. The van der Waals surface area contributed by atoms with E-state index in [4.69, 9.17) is 4.74 Å². The molecule has 7 heteroatoms. The van der Waals surface area contributed by atoms with E-state index in [1.54, 1.807) is 49.4 Å². The van der Waals surface area contributed by atoms with Gasteiger partial charge in [0.05, 0.1) is 18.0 Å². The molecule has 1 atom stereocenters. The van der Waals surface area contributed by atoms with Crippen LogP contribution in [0.4, 0.5) is 11.4 Å². The first-order valence-electron chi connectivity index (χ1n) is 8.71. The van der Waals surface area contributed by atoms with Crippen LogP contribution in [-0.4, -0.2) is 32.7 Å². The molecule has 2 aromatic rings. The number of hydrogen-bond donors (Lipinski definition) is 1. The zero-order valence-corrected chi connectivity index (χ0v) is 17.1. The second-order valence-electron chi connectivity index (χ2n) is 6.75. The van der Waals surface area contributed by atoms with Crippen molar-refractivity contribution in [3.63, 3.8) is 0 Å². The van der Waals surface area contributed by atoms with Crippen LogP contribution in [0.25, 0.3) is 0 Å². The second kappa shape index (κ2) is 8.43. The molecule has 0 unspecified atom stereocenters. The number of nitrogens with one attached hydrogen (secondary N) is 1. The summed E-state index contributed by atoms with van der Waals surface area (Å²) in [5.74, 6) is 0.285. The van der Waals surface area contributed by atoms with Crippen molar-refractivity contribution in [1.82, 2.24) is 0 Å². The highest BCUT2D eigenvalue weighted by atomic mass is 32.2. The highest BCUT2D eigenvalue weighted by molar-refractivity contribution is 7.92. The quantitative estimate of drug-likeness (QED) is 0.784. The molecular formula is C20H26N2O4S. The monoisotopic (exact) mass is 390 g/mol. The van der Waals surface area contributed by atoms with Crippen molar-refractivity contribution in [1.29, 1.82) is 0 Å². The maximum atomic E-state index is 12.7. The summed E-state index contributed by atoms with van der Waals surface area (Å²) in [5, 5.41) is 2.76. The van der Waals surface area contributed by atoms with Gasteiger partial charge in [0, 0.05) is 5.69 Å². The third kappa shape index (κ3) is 5.72. The summed E-state index contributed by atoms with van der Waals surface area (Å²) in [4.78, 5) is 12.7. The number of amides is 1. The Morgan fingerprint density at radius 1 is 1.07 bits per heavy atom. The molecule has 0 saturated heterocycles. The van der Waals surface area contributed by atoms with Crippen molar-refractivity contribution >= 4 is 27.3 Å². The maximum absolute atomic E-state index is 12.7. The van der Waals surface area contributed by atoms with Gasteiger partial charge in [-0.25, -0.2) is 8.42 Å². The summed E-state index contributed by atoms with van der Waals surface area (Å²) in [6.07, 6.45) is 1.15. The Balaban J connectivity index is 2.20. The summed E-state index contributed by atoms with van der Waals surface area (Å²) in [5.41, 5.74) is 1.94. The van der Waals surface area contributed by atoms with E-state index < -0.39 is 22.0 Å². The number of carbonyl (C=O) groups is 1. The van der Waals surface area contributed by atoms with E-state index in [0.717, 1.165) is 16.1 Å². The Labute approximate surface area is 161 Å². The molecule has 0 heterocycles. The molecule has 0 aromatic heterocycles. The molecule has 0 radical (unpaired) electrons. The third-order valence-corrected chi connectivity index (χ3v) is 5.08. The first kappa shape index (κ1) is 20.8. The Hall–Kier alpha value is -2.54. The van der Waals surface area contributed by atoms with Gasteiger partial charge in [0.2, 0.25) is 15.9 Å². The van der Waals surface area contributed by atoms with Crippen LogP contribution in [0, 0.1) is 6.92 Å². The van der Waals surface area contributed by atoms with Gasteiger partial charge < -0.3 is 10.1 Å². The first-order chi connectivity index (χ1) is 12.6. The Bertz CT molecular complexity index is 892. The molecule has 146 valence electrons. The number of anilines is 2. The van der Waals surface area contributed by atoms with Gasteiger partial charge in [-0.05, 0) is 69.7 Å². The predicted molar refractivity (Wildman–Crippen MR) is 109 cm³/mol. The van der Waals surface area contributed by atoms with E-state index >= 15 is 0 Å². The number of hydrogen-bond acceptors (Lipinski definition) is 4. The van der Waals surface area contributed by atoms with Crippen molar-refractivity contribution in [3.05, 3.63) is 54.1 Å². The summed E-state index contributed by atoms with van der Waals surface area (Å²) < 4.78 is 31.3. The van der Waals surface area contributed by atoms with Crippen LogP contribution in [0.15, 0.2) is 48.5 Å². The van der Waals surface area contributed by atoms with Gasteiger partial charge in [0.25, 0.3) is 0 Å². The number of ether oxygens (including phenoxy) is 1. The fourth-order valence-electron chi connectivity index (χ4n) is 2.71. The van der Waals surface area contributed by atoms with Crippen molar-refractivity contribution in [2.24, 2.45) is 0 Å². The third-order valence-electron chi connectivity index (χ3n) is 3.84. The lowest BCUT2D eigenvalue weighted by Gasteiger charge is -2.28. The van der Waals surface area contributed by atoms with Gasteiger partial charge in [-0.15, -0.1) is 0 Å². The molecule has 6 nitrogen and oxygen atoms in total. The van der Waals surface area contributed by atoms with Crippen molar-refractivity contribution in [2.75, 3.05) is 15.9 Å². The van der Waals surface area contributed by atoms with Crippen molar-refractivity contribution < 1.29 is 17.9 Å². The fraction of sp³-hybridized carbons (Fsp3) is 0.350. The molecule has 0 bridgehead atoms. The van der Waals surface area contributed by atoms with Crippen LogP contribution in [0.3, 0.4) is 0 Å². The first-order valence-corrected chi connectivity index (χ1v) is 10.6. The predicted octanol–water partition coefficient (Wildman–Crippen LogP) is 3.58. The minimum absolute atomic E-state index is 0.0584. The van der Waals surface area contributed by atoms with Gasteiger partial charge in [-0.1, -0.05) is 12.1 Å². The average molecular weight is 391 g/mol. The number of carbonyl (C=O) groups excluding carboxylic acids is 1. The molecule has 2 aromatic carbocycles. The van der Waals surface area contributed by atoms with Crippen molar-refractivity contribution in [3.8, 4) is 5.75 Å². The van der Waals surface area contributed by atoms with Crippen LogP contribution >= 0.6 is 0 Å². The van der Waals surface area contributed by atoms with Crippen LogP contribution in [0.5, 0.6) is 5.75 Å². The van der Waals surface area contributed by atoms with E-state index in [-0.39, 0.29) is 6.10 Å². The van der Waals surface area contributed by atoms with Crippen LogP contribution < -0.4 is 14.4 Å². The lowest BCUT2D eigenvalue weighted by molar-refractivity contribution is -0.116. The molecular weight excluding hydrogens is 364 g/mol. The lowest BCUT2D eigenvalue weighted by atomic mass is 10.2. The smallest absolute Gasteiger partial charge is 0.247 e. The number of benzene rings is 2. The van der Waals surface area contributed by atoms with Gasteiger partial charge in [0.15, 0.2) is 0 Å². The van der Waals surface area contributed by atoms with E-state index in [9.17, 15) is 13.2 Å². The van der Waals surface area contributed by atoms with Crippen LogP contribution in [0.1, 0.15) is 26.3 Å². The van der Waals surface area contributed by atoms with Crippen molar-refractivity contribution in [2.45, 2.75) is 39.8 Å². The molecule has 0 aliphatic rings. The molecule has 0 aliphatic carbocycles. The maximum Gasteiger partial charge on any atom is 0.247 e. The molecule has 27 heavy (non-hydrogen) atoms. The topological polar surface area (TPSA) is 75.7 Å². The lowest BCUT2D eigenvalue weighted by Crippen LogP contribution is -2.45. The summed E-state index contributed by atoms with van der Waals surface area (Å²) in [6.45, 7) is 7.30. The molecule has 0 aliphatic heterocycles. The highest BCUT2D eigenvalue weighted by Gasteiger charge is 2.29. The minimum Gasteiger partial charge on any atom is -0.491 e. The summed E-state index contributed by atoms with van der Waals surface area (Å²) >= 11 is 0. The van der Waals surface area contributed by atoms with Gasteiger partial charge in [-0.2, -0.15) is 0 Å². The fourth-order valence-corrected chi connectivity index (χ4v) is 3.88. The number of aryl methyl sites for hydroxylation is 1. The largest absolute Gasteiger partial charge is 0.491 e. The Morgan fingerprint density at radius 2 is 1.70 bits per heavy atom. The van der Waals surface area contributed by atoms with E-state index in [1.807, 2.05) is 26.8 Å². The number of rotatable bonds is 7. The number of sulfonamides is 1. The van der Waals surface area contributed by atoms with E-state index in [2.05, 4.69) is 5.32 Å². The Kier molecular flexibility index (Phi) is 6.49. The highest BCUT2D eigenvalue weighted by Crippen LogP contribution is 2.23. The van der Waals surface area contributed by atoms with Gasteiger partial charge in [0.1, 0.15) is 11.8 Å². The second-order valence-corrected chi connectivity index (χ2v) is 8.61.